The van der Waals surface area contributed by atoms with E-state index in [1.54, 1.807) is 54.8 Å². The number of nitrogens with one attached hydrogen (secondary N) is 2. The van der Waals surface area contributed by atoms with E-state index in [-0.39, 0.29) is 0 Å². The molecule has 0 aliphatic heterocycles. The summed E-state index contributed by atoms with van der Waals surface area (Å²) in [5.74, 6) is 0.297. The highest BCUT2D eigenvalue weighted by molar-refractivity contribution is 7.80. The standard InChI is InChI=1S/C19H19N3O3S/c1-3-11-20-19(26)22-21-13-14-9-10-16(17(12-14)24-2)25-18(23)15-7-5-4-6-8-15/h3-10,12-13H,1,11H2,2H3,(H2,20,22,26)/b21-13+. The zero-order chi connectivity index (χ0) is 18.8. The van der Waals surface area contributed by atoms with Crippen LogP contribution in [0.2, 0.25) is 0 Å². The van der Waals surface area contributed by atoms with E-state index >= 15 is 0 Å². The van der Waals surface area contributed by atoms with Gasteiger partial charge in [0.1, 0.15) is 0 Å². The van der Waals surface area contributed by atoms with Crippen molar-refractivity contribution in [2.45, 2.75) is 0 Å². The van der Waals surface area contributed by atoms with Gasteiger partial charge in [0.25, 0.3) is 0 Å². The molecule has 2 aromatic carbocycles. The number of hydrogen-bond acceptors (Lipinski definition) is 5. The first-order chi connectivity index (χ1) is 12.6. The van der Waals surface area contributed by atoms with Gasteiger partial charge < -0.3 is 14.8 Å². The lowest BCUT2D eigenvalue weighted by Gasteiger charge is -2.10. The molecule has 0 atom stereocenters. The second kappa shape index (κ2) is 9.95. The summed E-state index contributed by atoms with van der Waals surface area (Å²) < 4.78 is 10.7. The number of thiocarbonyl (C=S) groups is 1. The lowest BCUT2D eigenvalue weighted by atomic mass is 10.2. The molecule has 0 amide bonds. The summed E-state index contributed by atoms with van der Waals surface area (Å²) in [6.07, 6.45) is 3.27. The van der Waals surface area contributed by atoms with Crippen LogP contribution in [0.5, 0.6) is 11.5 Å². The molecule has 0 fully saturated rings. The molecule has 6 nitrogen and oxygen atoms in total. The number of esters is 1. The Morgan fingerprint density at radius 1 is 1.23 bits per heavy atom. The Morgan fingerprint density at radius 3 is 2.69 bits per heavy atom. The Kier molecular flexibility index (Phi) is 7.32. The molecule has 2 aromatic rings. The third-order valence-electron chi connectivity index (χ3n) is 3.19. The van der Waals surface area contributed by atoms with Crippen molar-refractivity contribution in [2.24, 2.45) is 5.10 Å². The summed E-state index contributed by atoms with van der Waals surface area (Å²) in [6, 6.07) is 13.9. The molecule has 0 saturated carbocycles. The van der Waals surface area contributed by atoms with Gasteiger partial charge in [-0.05, 0) is 48.1 Å². The summed E-state index contributed by atoms with van der Waals surface area (Å²) >= 11 is 5.03. The van der Waals surface area contributed by atoms with Crippen LogP contribution in [0.25, 0.3) is 0 Å². The Balaban J connectivity index is 2.03. The van der Waals surface area contributed by atoms with Crippen LogP contribution in [0.4, 0.5) is 0 Å². The molecular formula is C19H19N3O3S. The lowest BCUT2D eigenvalue weighted by Crippen LogP contribution is -2.31. The molecule has 134 valence electrons. The maximum Gasteiger partial charge on any atom is 0.343 e. The first kappa shape index (κ1) is 19.1. The molecule has 0 bridgehead atoms. The van der Waals surface area contributed by atoms with Gasteiger partial charge in [0, 0.05) is 6.54 Å². The van der Waals surface area contributed by atoms with Crippen molar-refractivity contribution in [3.8, 4) is 11.5 Å². The zero-order valence-corrected chi connectivity index (χ0v) is 15.1. The van der Waals surface area contributed by atoms with E-state index in [1.807, 2.05) is 6.07 Å². The second-order valence-electron chi connectivity index (χ2n) is 5.03. The van der Waals surface area contributed by atoms with E-state index in [0.717, 1.165) is 5.56 Å². The minimum atomic E-state index is -0.453. The van der Waals surface area contributed by atoms with Crippen LogP contribution < -0.4 is 20.2 Å². The van der Waals surface area contributed by atoms with Gasteiger partial charge in [-0.1, -0.05) is 24.3 Å². The second-order valence-corrected chi connectivity index (χ2v) is 5.44. The number of hydrazone groups is 1. The molecule has 0 unspecified atom stereocenters. The van der Waals surface area contributed by atoms with E-state index < -0.39 is 5.97 Å². The van der Waals surface area contributed by atoms with Crippen molar-refractivity contribution >= 4 is 29.5 Å². The predicted octanol–water partition coefficient (Wildman–Crippen LogP) is 2.90. The summed E-state index contributed by atoms with van der Waals surface area (Å²) in [6.45, 7) is 4.14. The topological polar surface area (TPSA) is 72.0 Å². The van der Waals surface area contributed by atoms with Crippen molar-refractivity contribution in [1.29, 1.82) is 0 Å². The van der Waals surface area contributed by atoms with Crippen molar-refractivity contribution in [3.63, 3.8) is 0 Å². The van der Waals surface area contributed by atoms with Gasteiger partial charge in [-0.2, -0.15) is 5.10 Å². The van der Waals surface area contributed by atoms with Gasteiger partial charge in [0.2, 0.25) is 0 Å². The van der Waals surface area contributed by atoms with Crippen molar-refractivity contribution < 1.29 is 14.3 Å². The van der Waals surface area contributed by atoms with Crippen LogP contribution in [0.15, 0.2) is 66.3 Å². The first-order valence-corrected chi connectivity index (χ1v) is 8.18. The van der Waals surface area contributed by atoms with E-state index in [2.05, 4.69) is 22.4 Å². The molecule has 0 spiro atoms. The minimum Gasteiger partial charge on any atom is -0.493 e. The fraction of sp³-hybridized carbons (Fsp3) is 0.105. The van der Waals surface area contributed by atoms with Crippen molar-refractivity contribution in [2.75, 3.05) is 13.7 Å². The van der Waals surface area contributed by atoms with Gasteiger partial charge in [0.15, 0.2) is 16.6 Å². The summed E-state index contributed by atoms with van der Waals surface area (Å²) in [5, 5.41) is 7.32. The Hall–Kier alpha value is -3.19. The van der Waals surface area contributed by atoms with Gasteiger partial charge in [-0.3, -0.25) is 5.43 Å². The minimum absolute atomic E-state index is 0.328. The highest BCUT2D eigenvalue weighted by Gasteiger charge is 2.12. The Labute approximate surface area is 157 Å². The van der Waals surface area contributed by atoms with Crippen LogP contribution in [0.1, 0.15) is 15.9 Å². The molecule has 0 saturated heterocycles. The molecule has 7 heteroatoms. The number of methoxy groups -OCH3 is 1. The highest BCUT2D eigenvalue weighted by Crippen LogP contribution is 2.28. The fourth-order valence-electron chi connectivity index (χ4n) is 1.95. The van der Waals surface area contributed by atoms with Crippen LogP contribution in [-0.2, 0) is 0 Å². The Morgan fingerprint density at radius 2 is 2.00 bits per heavy atom. The zero-order valence-electron chi connectivity index (χ0n) is 14.3. The van der Waals surface area contributed by atoms with Gasteiger partial charge >= 0.3 is 5.97 Å². The molecule has 0 aliphatic rings. The van der Waals surface area contributed by atoms with E-state index in [1.165, 1.54) is 7.11 Å². The van der Waals surface area contributed by atoms with Crippen LogP contribution in [0, 0.1) is 0 Å². The van der Waals surface area contributed by atoms with Gasteiger partial charge in [0.05, 0.1) is 18.9 Å². The third-order valence-corrected chi connectivity index (χ3v) is 3.42. The summed E-state index contributed by atoms with van der Waals surface area (Å²) in [4.78, 5) is 12.2. The fourth-order valence-corrected chi connectivity index (χ4v) is 2.09. The maximum absolute atomic E-state index is 12.2. The van der Waals surface area contributed by atoms with Gasteiger partial charge in [-0.25, -0.2) is 4.79 Å². The number of hydrogen-bond donors (Lipinski definition) is 2. The van der Waals surface area contributed by atoms with E-state index in [4.69, 9.17) is 21.7 Å². The largest absolute Gasteiger partial charge is 0.493 e. The summed E-state index contributed by atoms with van der Waals surface area (Å²) in [7, 11) is 1.50. The van der Waals surface area contributed by atoms with Crippen molar-refractivity contribution in [1.82, 2.24) is 10.7 Å². The predicted molar refractivity (Wildman–Crippen MR) is 106 cm³/mol. The van der Waals surface area contributed by atoms with Crippen LogP contribution in [-0.4, -0.2) is 31.0 Å². The molecule has 0 aromatic heterocycles. The normalized spacial score (nSPS) is 10.2. The molecule has 0 heterocycles. The monoisotopic (exact) mass is 369 g/mol. The van der Waals surface area contributed by atoms with Crippen LogP contribution in [0.3, 0.4) is 0 Å². The number of benzene rings is 2. The molecule has 0 aliphatic carbocycles. The molecular weight excluding hydrogens is 350 g/mol. The smallest absolute Gasteiger partial charge is 0.343 e. The number of carbonyl (C=O) groups is 1. The number of carbonyl (C=O) groups excluding carboxylic acids is 1. The Bertz CT molecular complexity index is 807. The first-order valence-electron chi connectivity index (χ1n) is 7.77. The average molecular weight is 369 g/mol. The SMILES string of the molecule is C=CCNC(=S)N/N=C/c1ccc(OC(=O)c2ccccc2)c(OC)c1. The van der Waals surface area contributed by atoms with E-state index in [0.29, 0.717) is 28.7 Å². The van der Waals surface area contributed by atoms with Crippen LogP contribution >= 0.6 is 12.2 Å². The molecule has 2 rings (SSSR count). The molecule has 26 heavy (non-hydrogen) atoms. The number of ether oxygens (including phenoxy) is 2. The van der Waals surface area contributed by atoms with Crippen molar-refractivity contribution in [3.05, 3.63) is 72.3 Å². The lowest BCUT2D eigenvalue weighted by molar-refractivity contribution is 0.0729. The van der Waals surface area contributed by atoms with Gasteiger partial charge in [-0.15, -0.1) is 6.58 Å². The maximum atomic E-state index is 12.2. The highest BCUT2D eigenvalue weighted by atomic mass is 32.1. The molecule has 2 N–H and O–H groups in total. The summed E-state index contributed by atoms with van der Waals surface area (Å²) in [5.41, 5.74) is 3.90. The molecule has 0 radical (unpaired) electrons. The van der Waals surface area contributed by atoms with E-state index in [9.17, 15) is 4.79 Å². The number of rotatable bonds is 7. The quantitative estimate of drug-likeness (QED) is 0.195. The number of nitrogens with zero attached hydrogens (tertiary/aromatic N) is 1. The third kappa shape index (κ3) is 5.71. The average Bonchev–Trinajstić information content (AvgIpc) is 2.68.